The molecule has 1 aromatic carbocycles. The summed E-state index contributed by atoms with van der Waals surface area (Å²) in [6.07, 6.45) is 5.43. The molecule has 3 heterocycles. The van der Waals surface area contributed by atoms with E-state index in [0.29, 0.717) is 5.56 Å². The number of fused-ring (bicyclic) bond motifs is 1. The van der Waals surface area contributed by atoms with Crippen LogP contribution in [-0.4, -0.2) is 14.0 Å². The van der Waals surface area contributed by atoms with Gasteiger partial charge >= 0.3 is 0 Å². The summed E-state index contributed by atoms with van der Waals surface area (Å²) in [6, 6.07) is 11.6. The molecule has 4 heteroatoms. The van der Waals surface area contributed by atoms with Crippen LogP contribution in [0.15, 0.2) is 55.0 Å². The van der Waals surface area contributed by atoms with Crippen molar-refractivity contribution in [2.75, 3.05) is 0 Å². The number of nitrogens with zero attached hydrogens (tertiary/aromatic N) is 4. The Bertz CT molecular complexity index is 1100. The van der Waals surface area contributed by atoms with Crippen molar-refractivity contribution >= 4 is 5.78 Å². The molecule has 0 radical (unpaired) electrons. The number of rotatable bonds is 2. The highest BCUT2D eigenvalue weighted by Crippen LogP contribution is 2.29. The molecule has 0 aliphatic heterocycles. The van der Waals surface area contributed by atoms with E-state index in [-0.39, 0.29) is 0 Å². The summed E-state index contributed by atoms with van der Waals surface area (Å²) < 4.78 is 29.9. The van der Waals surface area contributed by atoms with Gasteiger partial charge in [-0.1, -0.05) is 30.3 Å². The Morgan fingerprint density at radius 2 is 2.00 bits per heavy atom. The van der Waals surface area contributed by atoms with Gasteiger partial charge in [0.2, 0.25) is 11.5 Å². The first-order valence-corrected chi connectivity index (χ1v) is 7.87. The fourth-order valence-corrected chi connectivity index (χ4v) is 3.36. The fourth-order valence-electron chi connectivity index (χ4n) is 3.36. The summed E-state index contributed by atoms with van der Waals surface area (Å²) in [7, 11) is 3.86. The van der Waals surface area contributed by atoms with Gasteiger partial charge in [-0.2, -0.15) is 4.57 Å². The Labute approximate surface area is 145 Å². The highest BCUT2D eigenvalue weighted by Gasteiger charge is 2.22. The summed E-state index contributed by atoms with van der Waals surface area (Å²) >= 11 is 0. The molecule has 4 rings (SSSR count). The van der Waals surface area contributed by atoms with Gasteiger partial charge in [-0.15, -0.1) is 0 Å². The van der Waals surface area contributed by atoms with Gasteiger partial charge in [-0.25, -0.2) is 4.98 Å². The lowest BCUT2D eigenvalue weighted by molar-refractivity contribution is -0.660. The summed E-state index contributed by atoms with van der Waals surface area (Å²) in [6.45, 7) is -0.150. The lowest BCUT2D eigenvalue weighted by Gasteiger charge is -2.09. The molecular weight excluding hydrogens is 296 g/mol. The predicted octanol–water partition coefficient (Wildman–Crippen LogP) is 3.45. The third kappa shape index (κ3) is 2.07. The van der Waals surface area contributed by atoms with Crippen LogP contribution in [0.25, 0.3) is 28.3 Å². The number of imidazole rings is 2. The van der Waals surface area contributed by atoms with Crippen molar-refractivity contribution < 1.29 is 8.68 Å². The van der Waals surface area contributed by atoms with Crippen molar-refractivity contribution in [1.29, 1.82) is 0 Å². The first-order valence-electron chi connectivity index (χ1n) is 9.37. The van der Waals surface area contributed by atoms with Crippen LogP contribution in [0.5, 0.6) is 0 Å². The second-order valence-corrected chi connectivity index (χ2v) is 6.05. The van der Waals surface area contributed by atoms with Crippen LogP contribution < -0.4 is 4.57 Å². The standard InChI is InChI=1S/C20H21N4/c1-14-13-22(3)18(12-17(14)16-8-6-5-7-9-16)19-15(2)24-11-10-21-20(24)23(19)4/h5-13H,1-4H3/q+1/i1D3. The van der Waals surface area contributed by atoms with E-state index in [4.69, 9.17) is 4.11 Å². The van der Waals surface area contributed by atoms with E-state index in [9.17, 15) is 0 Å². The smallest absolute Gasteiger partial charge is 0.231 e. The number of benzene rings is 1. The second kappa shape index (κ2) is 5.34. The Morgan fingerprint density at radius 3 is 2.71 bits per heavy atom. The fraction of sp³-hybridized carbons (Fsp3) is 0.200. The minimum absolute atomic E-state index is 0.344. The third-order valence-electron chi connectivity index (χ3n) is 4.56. The molecule has 0 aliphatic carbocycles. The van der Waals surface area contributed by atoms with Crippen molar-refractivity contribution in [3.05, 3.63) is 66.2 Å². The minimum atomic E-state index is -2.20. The van der Waals surface area contributed by atoms with Crippen molar-refractivity contribution in [3.63, 3.8) is 0 Å². The monoisotopic (exact) mass is 320 g/mol. The van der Waals surface area contributed by atoms with E-state index >= 15 is 0 Å². The van der Waals surface area contributed by atoms with Gasteiger partial charge in [0.05, 0.1) is 5.69 Å². The highest BCUT2D eigenvalue weighted by molar-refractivity contribution is 5.72. The van der Waals surface area contributed by atoms with Crippen LogP contribution >= 0.6 is 0 Å². The predicted molar refractivity (Wildman–Crippen MR) is 95.7 cm³/mol. The first kappa shape index (κ1) is 11.6. The van der Waals surface area contributed by atoms with Crippen molar-refractivity contribution in [2.24, 2.45) is 14.1 Å². The molecule has 0 saturated carbocycles. The maximum atomic E-state index is 7.98. The van der Waals surface area contributed by atoms with Crippen molar-refractivity contribution in [1.82, 2.24) is 14.0 Å². The topological polar surface area (TPSA) is 26.1 Å². The van der Waals surface area contributed by atoms with E-state index in [2.05, 4.69) is 4.98 Å². The number of aryl methyl sites for hydroxylation is 4. The Kier molecular flexibility index (Phi) is 2.59. The Balaban J connectivity index is 2.04. The molecule has 0 saturated heterocycles. The van der Waals surface area contributed by atoms with Crippen molar-refractivity contribution in [3.8, 4) is 22.5 Å². The number of aromatic nitrogens is 4. The zero-order chi connectivity index (χ0) is 19.3. The van der Waals surface area contributed by atoms with Crippen molar-refractivity contribution in [2.45, 2.75) is 13.8 Å². The van der Waals surface area contributed by atoms with Gasteiger partial charge in [-0.3, -0.25) is 4.40 Å². The molecule has 0 spiro atoms. The first-order chi connectivity index (χ1) is 12.8. The van der Waals surface area contributed by atoms with Gasteiger partial charge in [0, 0.05) is 35.2 Å². The van der Waals surface area contributed by atoms with E-state index in [1.54, 1.807) is 12.4 Å². The average molecular weight is 320 g/mol. The van der Waals surface area contributed by atoms with Crippen LogP contribution in [0.4, 0.5) is 0 Å². The van der Waals surface area contributed by atoms with Crippen LogP contribution in [0.2, 0.25) is 0 Å². The molecule has 0 amide bonds. The number of pyridine rings is 1. The van der Waals surface area contributed by atoms with E-state index in [0.717, 1.165) is 34.0 Å². The molecule has 4 nitrogen and oxygen atoms in total. The third-order valence-corrected chi connectivity index (χ3v) is 4.56. The average Bonchev–Trinajstić information content (AvgIpc) is 3.20. The lowest BCUT2D eigenvalue weighted by atomic mass is 10.0. The lowest BCUT2D eigenvalue weighted by Crippen LogP contribution is -2.32. The molecule has 0 bridgehead atoms. The summed E-state index contributed by atoms with van der Waals surface area (Å²) in [4.78, 5) is 4.42. The second-order valence-electron chi connectivity index (χ2n) is 6.05. The molecule has 24 heavy (non-hydrogen) atoms. The number of hydrogen-bond acceptors (Lipinski definition) is 1. The van der Waals surface area contributed by atoms with Gasteiger partial charge in [0.1, 0.15) is 12.7 Å². The summed E-state index contributed by atoms with van der Waals surface area (Å²) in [5, 5.41) is 0. The Hall–Kier alpha value is -2.88. The largest absolute Gasteiger partial charge is 0.308 e. The highest BCUT2D eigenvalue weighted by atomic mass is 15.2. The molecule has 3 aromatic heterocycles. The van der Waals surface area contributed by atoms with Crippen LogP contribution in [0.3, 0.4) is 0 Å². The van der Waals surface area contributed by atoms with Gasteiger partial charge in [0.15, 0.2) is 6.20 Å². The zero-order valence-electron chi connectivity index (χ0n) is 17.0. The zero-order valence-corrected chi connectivity index (χ0v) is 14.0. The molecule has 0 atom stereocenters. The molecule has 4 aromatic rings. The molecule has 0 unspecified atom stereocenters. The maximum Gasteiger partial charge on any atom is 0.231 e. The molecular formula is C20H21N4+. The molecule has 0 aliphatic rings. The van der Waals surface area contributed by atoms with E-state index in [1.165, 1.54) is 0 Å². The minimum Gasteiger partial charge on any atom is -0.308 e. The quantitative estimate of drug-likeness (QED) is 0.520. The van der Waals surface area contributed by atoms with E-state index < -0.39 is 6.85 Å². The SMILES string of the molecule is [2H]C([2H])([2H])c1c[n+](C)c(-c2c(C)n3ccnc3n2C)cc1-c1ccccc1. The van der Waals surface area contributed by atoms with Gasteiger partial charge in [0.25, 0.3) is 0 Å². The number of hydrogen-bond donors (Lipinski definition) is 0. The molecule has 0 N–H and O–H groups in total. The molecule has 120 valence electrons. The maximum absolute atomic E-state index is 7.98. The van der Waals surface area contributed by atoms with Crippen LogP contribution in [-0.2, 0) is 14.1 Å². The van der Waals surface area contributed by atoms with Crippen LogP contribution in [0.1, 0.15) is 15.4 Å². The molecule has 0 fully saturated rings. The Morgan fingerprint density at radius 1 is 1.21 bits per heavy atom. The van der Waals surface area contributed by atoms with Gasteiger partial charge in [-0.05, 0) is 24.9 Å². The normalized spacial score (nSPS) is 13.7. The summed E-state index contributed by atoms with van der Waals surface area (Å²) in [5.74, 6) is 0.851. The van der Waals surface area contributed by atoms with E-state index in [1.807, 2.05) is 77.1 Å². The van der Waals surface area contributed by atoms with Crippen LogP contribution in [0, 0.1) is 13.8 Å². The van der Waals surface area contributed by atoms with Gasteiger partial charge < -0.3 is 4.57 Å². The summed E-state index contributed by atoms with van der Waals surface area (Å²) in [5.41, 5.74) is 4.96.